The molecule has 0 aliphatic heterocycles. The van der Waals surface area contributed by atoms with Crippen molar-refractivity contribution >= 4 is 64.7 Å². The number of carbonyl (C=O) groups is 1. The molecule has 6 rings (SSSR count). The number of amides is 1. The highest BCUT2D eigenvalue weighted by Gasteiger charge is 2.30. The van der Waals surface area contributed by atoms with Crippen LogP contribution in [0, 0.1) is 5.82 Å². The van der Waals surface area contributed by atoms with Gasteiger partial charge in [-0.15, -0.1) is 0 Å². The van der Waals surface area contributed by atoms with E-state index in [1.54, 1.807) is 12.1 Å². The molecule has 6 aromatic rings. The van der Waals surface area contributed by atoms with E-state index in [0.717, 1.165) is 11.6 Å². The molecule has 0 atom stereocenters. The second-order valence-electron chi connectivity index (χ2n) is 8.71. The number of fused-ring (bicyclic) bond motifs is 4. The van der Waals surface area contributed by atoms with Gasteiger partial charge in [0.05, 0.1) is 45.4 Å². The van der Waals surface area contributed by atoms with E-state index in [1.165, 1.54) is 35.2 Å². The first-order valence-electron chi connectivity index (χ1n) is 11.2. The van der Waals surface area contributed by atoms with Gasteiger partial charge in [-0.1, -0.05) is 12.1 Å². The number of sulfonamides is 1. The van der Waals surface area contributed by atoms with Crippen molar-refractivity contribution in [3.8, 4) is 11.1 Å². The molecule has 2 N–H and O–H groups in total. The van der Waals surface area contributed by atoms with Crippen molar-refractivity contribution in [1.29, 1.82) is 0 Å². The smallest absolute Gasteiger partial charge is 0.282 e. The number of nitrogens with zero attached hydrogens (tertiary/aromatic N) is 1. The molecular formula is C26H17BrFN3O6S. The Kier molecular flexibility index (Phi) is 5.54. The second-order valence-corrected chi connectivity index (χ2v) is 11.3. The van der Waals surface area contributed by atoms with E-state index < -0.39 is 27.3 Å². The van der Waals surface area contributed by atoms with Crippen LogP contribution in [0.2, 0.25) is 0 Å². The summed E-state index contributed by atoms with van der Waals surface area (Å²) in [5.41, 5.74) is 0.355. The van der Waals surface area contributed by atoms with Crippen molar-refractivity contribution < 1.29 is 26.4 Å². The summed E-state index contributed by atoms with van der Waals surface area (Å²) in [6.07, 6.45) is 3.57. The van der Waals surface area contributed by atoms with E-state index in [9.17, 15) is 18.0 Å². The first-order chi connectivity index (χ1) is 18.1. The van der Waals surface area contributed by atoms with E-state index in [0.29, 0.717) is 15.8 Å². The van der Waals surface area contributed by atoms with E-state index in [4.69, 9.17) is 8.83 Å². The number of nitrogens with one attached hydrogen (secondary N) is 2. The first-order valence-corrected chi connectivity index (χ1v) is 13.9. The predicted molar refractivity (Wildman–Crippen MR) is 143 cm³/mol. The maximum absolute atomic E-state index is 15.2. The highest BCUT2D eigenvalue weighted by Crippen LogP contribution is 2.40. The molecule has 12 heteroatoms. The van der Waals surface area contributed by atoms with Gasteiger partial charge < -0.3 is 18.4 Å². The number of carbonyl (C=O) groups excluding carboxylic acids is 1. The topological polar surface area (TPSA) is 127 Å². The molecule has 192 valence electrons. The number of H-pyrrole nitrogens is 1. The van der Waals surface area contributed by atoms with Gasteiger partial charge in [0.15, 0.2) is 0 Å². The molecule has 1 amide bonds. The van der Waals surface area contributed by atoms with Gasteiger partial charge in [0, 0.05) is 17.1 Å². The minimum absolute atomic E-state index is 0.0755. The third kappa shape index (κ3) is 3.92. The number of benzene rings is 2. The van der Waals surface area contributed by atoms with Crippen molar-refractivity contribution in [3.63, 3.8) is 0 Å². The van der Waals surface area contributed by atoms with Crippen LogP contribution < -0.4 is 10.3 Å². The van der Waals surface area contributed by atoms with Crippen LogP contribution in [0.5, 0.6) is 0 Å². The van der Waals surface area contributed by atoms with Gasteiger partial charge >= 0.3 is 0 Å². The molecule has 0 saturated heterocycles. The van der Waals surface area contributed by atoms with Crippen LogP contribution in [0.1, 0.15) is 16.2 Å². The molecule has 0 bridgehead atoms. The second kappa shape index (κ2) is 8.71. The van der Waals surface area contributed by atoms with Crippen molar-refractivity contribution in [1.82, 2.24) is 14.3 Å². The van der Waals surface area contributed by atoms with Gasteiger partial charge in [-0.25, -0.2) is 17.5 Å². The molecule has 0 fully saturated rings. The normalized spacial score (nSPS) is 12.1. The monoisotopic (exact) mass is 597 g/mol. The summed E-state index contributed by atoms with van der Waals surface area (Å²) >= 11 is 3.45. The molecule has 4 aromatic heterocycles. The molecule has 0 aliphatic carbocycles. The molecule has 0 radical (unpaired) electrons. The zero-order chi connectivity index (χ0) is 26.8. The molecule has 0 spiro atoms. The number of halogens is 2. The Labute approximate surface area is 222 Å². The lowest BCUT2D eigenvalue weighted by atomic mass is 10.0. The SMILES string of the molecule is CS(=O)(=O)NC(=O)c1c(-c2ccc[nH]c2=O)c2c3occc3c(F)cc2n1Cc1cc2cccc(Br)c2o1. The zero-order valence-corrected chi connectivity index (χ0v) is 21.9. The summed E-state index contributed by atoms with van der Waals surface area (Å²) in [5.74, 6) is -1.21. The standard InChI is InChI=1S/C26H17BrFN3O6S/c1-38(34,35)30-26(33)22-20(16-5-3-8-29-25(16)32)21-19(11-18(28)15-7-9-36-24(15)21)31(22)12-14-10-13-4-2-6-17(27)23(13)37-14/h2-11H,12H2,1H3,(H,29,32)(H,30,33). The summed E-state index contributed by atoms with van der Waals surface area (Å²) in [7, 11) is -4.00. The summed E-state index contributed by atoms with van der Waals surface area (Å²) in [6.45, 7) is -0.0828. The Hall–Kier alpha value is -4.16. The van der Waals surface area contributed by atoms with Crippen molar-refractivity contribution in [2.24, 2.45) is 0 Å². The highest BCUT2D eigenvalue weighted by atomic mass is 79.9. The molecular weight excluding hydrogens is 581 g/mol. The summed E-state index contributed by atoms with van der Waals surface area (Å²) in [4.78, 5) is 29.1. The molecule has 0 unspecified atom stereocenters. The number of para-hydroxylation sites is 1. The number of hydrogen-bond donors (Lipinski definition) is 2. The lowest BCUT2D eigenvalue weighted by Gasteiger charge is -2.11. The van der Waals surface area contributed by atoms with Crippen LogP contribution in [0.4, 0.5) is 4.39 Å². The minimum Gasteiger partial charge on any atom is -0.463 e. The summed E-state index contributed by atoms with van der Waals surface area (Å²) in [6, 6.07) is 13.0. The Bertz CT molecular complexity index is 2090. The number of aromatic amines is 1. The molecule has 0 aliphatic rings. The first kappa shape index (κ1) is 24.2. The zero-order valence-electron chi connectivity index (χ0n) is 19.5. The van der Waals surface area contributed by atoms with Gasteiger partial charge in [-0.05, 0) is 52.3 Å². The average Bonchev–Trinajstić information content (AvgIpc) is 3.55. The van der Waals surface area contributed by atoms with Crippen LogP contribution in [0.3, 0.4) is 0 Å². The average molecular weight is 598 g/mol. The summed E-state index contributed by atoms with van der Waals surface area (Å²) in [5, 5.41) is 1.21. The third-order valence-electron chi connectivity index (χ3n) is 6.16. The molecule has 9 nitrogen and oxygen atoms in total. The number of furan rings is 2. The Morgan fingerprint density at radius 3 is 2.71 bits per heavy atom. The Morgan fingerprint density at radius 2 is 1.97 bits per heavy atom. The van der Waals surface area contributed by atoms with E-state index in [2.05, 4.69) is 20.9 Å². The third-order valence-corrected chi connectivity index (χ3v) is 7.34. The fraction of sp³-hybridized carbons (Fsp3) is 0.0769. The van der Waals surface area contributed by atoms with E-state index >= 15 is 4.39 Å². The molecule has 4 heterocycles. The van der Waals surface area contributed by atoms with Crippen LogP contribution >= 0.6 is 15.9 Å². The van der Waals surface area contributed by atoms with Crippen molar-refractivity contribution in [2.45, 2.75) is 6.54 Å². The van der Waals surface area contributed by atoms with Gasteiger partial charge in [0.2, 0.25) is 10.0 Å². The lowest BCUT2D eigenvalue weighted by molar-refractivity contribution is 0.0974. The van der Waals surface area contributed by atoms with Crippen molar-refractivity contribution in [3.05, 3.63) is 93.1 Å². The Morgan fingerprint density at radius 1 is 1.16 bits per heavy atom. The van der Waals surface area contributed by atoms with Gasteiger partial charge in [0.25, 0.3) is 11.5 Å². The molecule has 2 aromatic carbocycles. The summed E-state index contributed by atoms with van der Waals surface area (Å²) < 4.78 is 55.2. The molecule has 38 heavy (non-hydrogen) atoms. The van der Waals surface area contributed by atoms with Gasteiger partial charge in [-0.3, -0.25) is 9.59 Å². The fourth-order valence-electron chi connectivity index (χ4n) is 4.72. The number of hydrogen-bond acceptors (Lipinski definition) is 6. The minimum atomic E-state index is -4.00. The van der Waals surface area contributed by atoms with Gasteiger partial charge in [-0.2, -0.15) is 0 Å². The van der Waals surface area contributed by atoms with Crippen LogP contribution in [-0.4, -0.2) is 30.1 Å². The predicted octanol–water partition coefficient (Wildman–Crippen LogP) is 5.13. The van der Waals surface area contributed by atoms with Crippen LogP contribution in [-0.2, 0) is 16.6 Å². The maximum Gasteiger partial charge on any atom is 0.282 e. The highest BCUT2D eigenvalue weighted by molar-refractivity contribution is 9.10. The quantitative estimate of drug-likeness (QED) is 0.284. The fourth-order valence-corrected chi connectivity index (χ4v) is 5.61. The van der Waals surface area contributed by atoms with E-state index in [-0.39, 0.29) is 45.2 Å². The number of pyridine rings is 1. The van der Waals surface area contributed by atoms with Crippen molar-refractivity contribution in [2.75, 3.05) is 6.26 Å². The number of rotatable bonds is 5. The Balaban J connectivity index is 1.74. The van der Waals surface area contributed by atoms with E-state index in [1.807, 2.05) is 22.9 Å². The molecule has 0 saturated carbocycles. The van der Waals surface area contributed by atoms with Gasteiger partial charge in [0.1, 0.15) is 28.4 Å². The maximum atomic E-state index is 15.2. The number of aromatic nitrogens is 2. The van der Waals surface area contributed by atoms with Crippen LogP contribution in [0.25, 0.3) is 44.0 Å². The lowest BCUT2D eigenvalue weighted by Crippen LogP contribution is -2.31. The van der Waals surface area contributed by atoms with Crippen LogP contribution in [0.15, 0.2) is 79.1 Å². The largest absolute Gasteiger partial charge is 0.463 e.